The summed E-state index contributed by atoms with van der Waals surface area (Å²) in [5, 5.41) is 2.96. The van der Waals surface area contributed by atoms with Crippen molar-refractivity contribution < 1.29 is 9.13 Å². The maximum atomic E-state index is 13.1. The zero-order chi connectivity index (χ0) is 11.8. The largest absolute Gasteiger partial charge is 0.379 e. The number of ether oxygens (including phenoxy) is 1. The fourth-order valence-electron chi connectivity index (χ4n) is 1.27. The van der Waals surface area contributed by atoms with E-state index in [1.54, 1.807) is 12.3 Å². The minimum absolute atomic E-state index is 0.279. The summed E-state index contributed by atoms with van der Waals surface area (Å²) in [6.07, 6.45) is 3.77. The molecule has 90 valence electrons. The topological polar surface area (TPSA) is 34.1 Å². The average molecular weight is 226 g/mol. The minimum atomic E-state index is -0.305. The Labute approximate surface area is 96.0 Å². The lowest BCUT2D eigenvalue weighted by atomic mass is 10.3. The second kappa shape index (κ2) is 7.17. The lowest BCUT2D eigenvalue weighted by molar-refractivity contribution is 0.0765. The van der Waals surface area contributed by atoms with Gasteiger partial charge in [0, 0.05) is 19.3 Å². The summed E-state index contributed by atoms with van der Waals surface area (Å²) in [7, 11) is 0. The van der Waals surface area contributed by atoms with E-state index in [-0.39, 0.29) is 11.9 Å². The van der Waals surface area contributed by atoms with Gasteiger partial charge in [-0.15, -0.1) is 0 Å². The number of hydrogen-bond donors (Lipinski definition) is 1. The lowest BCUT2D eigenvalue weighted by Crippen LogP contribution is -2.08. The van der Waals surface area contributed by atoms with Crippen LogP contribution in [0.1, 0.15) is 26.7 Å². The molecule has 0 aliphatic heterocycles. The monoisotopic (exact) mass is 226 g/mol. The number of rotatable bonds is 7. The number of unbranched alkanes of at least 4 members (excludes halogenated alkanes) is 1. The van der Waals surface area contributed by atoms with Gasteiger partial charge in [-0.1, -0.05) is 0 Å². The summed E-state index contributed by atoms with van der Waals surface area (Å²) < 4.78 is 18.5. The third kappa shape index (κ3) is 5.07. The molecule has 4 heteroatoms. The molecule has 0 aliphatic rings. The van der Waals surface area contributed by atoms with E-state index in [9.17, 15) is 4.39 Å². The van der Waals surface area contributed by atoms with E-state index in [1.165, 1.54) is 6.07 Å². The van der Waals surface area contributed by atoms with Crippen molar-refractivity contribution in [3.8, 4) is 0 Å². The van der Waals surface area contributed by atoms with Crippen LogP contribution in [0.15, 0.2) is 18.3 Å². The minimum Gasteiger partial charge on any atom is -0.379 e. The van der Waals surface area contributed by atoms with Crippen LogP contribution in [0.4, 0.5) is 10.2 Å². The van der Waals surface area contributed by atoms with Crippen molar-refractivity contribution >= 4 is 5.82 Å². The fraction of sp³-hybridized carbons (Fsp3) is 0.583. The molecule has 3 nitrogen and oxygen atoms in total. The maximum Gasteiger partial charge on any atom is 0.165 e. The standard InChI is InChI=1S/C12H19FN2O/c1-10(2)16-9-4-3-7-14-12-11(13)6-5-8-15-12/h5-6,8,10H,3-4,7,9H2,1-2H3,(H,14,15). The molecule has 0 spiro atoms. The van der Waals surface area contributed by atoms with Gasteiger partial charge in [0.25, 0.3) is 0 Å². The van der Waals surface area contributed by atoms with Crippen molar-refractivity contribution in [2.75, 3.05) is 18.5 Å². The molecule has 1 aromatic rings. The molecule has 0 radical (unpaired) electrons. The third-order valence-electron chi connectivity index (χ3n) is 2.07. The molecule has 0 fully saturated rings. The van der Waals surface area contributed by atoms with Crippen LogP contribution < -0.4 is 5.32 Å². The zero-order valence-corrected chi connectivity index (χ0v) is 9.87. The Morgan fingerprint density at radius 1 is 1.44 bits per heavy atom. The predicted octanol–water partition coefficient (Wildman–Crippen LogP) is 2.84. The van der Waals surface area contributed by atoms with Gasteiger partial charge in [0.15, 0.2) is 11.6 Å². The molecule has 0 saturated heterocycles. The van der Waals surface area contributed by atoms with Gasteiger partial charge in [0.2, 0.25) is 0 Å². The number of hydrogen-bond acceptors (Lipinski definition) is 3. The predicted molar refractivity (Wildman–Crippen MR) is 63.0 cm³/mol. The summed E-state index contributed by atoms with van der Waals surface area (Å²) in [5.41, 5.74) is 0. The quantitative estimate of drug-likeness (QED) is 0.726. The molecule has 0 aliphatic carbocycles. The first-order valence-corrected chi connectivity index (χ1v) is 5.66. The maximum absolute atomic E-state index is 13.1. The molecule has 1 rings (SSSR count). The van der Waals surface area contributed by atoms with Crippen LogP contribution in [-0.2, 0) is 4.74 Å². The highest BCUT2D eigenvalue weighted by Gasteiger charge is 2.00. The van der Waals surface area contributed by atoms with E-state index in [1.807, 2.05) is 13.8 Å². The second-order valence-corrected chi connectivity index (χ2v) is 3.89. The second-order valence-electron chi connectivity index (χ2n) is 3.89. The Morgan fingerprint density at radius 3 is 2.94 bits per heavy atom. The van der Waals surface area contributed by atoms with E-state index >= 15 is 0 Å². The normalized spacial score (nSPS) is 10.8. The van der Waals surface area contributed by atoms with Crippen molar-refractivity contribution in [3.05, 3.63) is 24.1 Å². The zero-order valence-electron chi connectivity index (χ0n) is 9.87. The summed E-state index contributed by atoms with van der Waals surface area (Å²) in [4.78, 5) is 3.91. The van der Waals surface area contributed by atoms with Gasteiger partial charge in [0.05, 0.1) is 6.10 Å². The van der Waals surface area contributed by atoms with E-state index in [2.05, 4.69) is 10.3 Å². The van der Waals surface area contributed by atoms with Gasteiger partial charge >= 0.3 is 0 Å². The molecule has 0 aromatic carbocycles. The third-order valence-corrected chi connectivity index (χ3v) is 2.07. The van der Waals surface area contributed by atoms with E-state index in [0.29, 0.717) is 5.82 Å². The van der Waals surface area contributed by atoms with Crippen LogP contribution in [0, 0.1) is 5.82 Å². The van der Waals surface area contributed by atoms with Crippen LogP contribution >= 0.6 is 0 Å². The number of nitrogens with one attached hydrogen (secondary N) is 1. The van der Waals surface area contributed by atoms with E-state index in [0.717, 1.165) is 26.0 Å². The molecule has 16 heavy (non-hydrogen) atoms. The number of nitrogens with zero attached hydrogens (tertiary/aromatic N) is 1. The van der Waals surface area contributed by atoms with Crippen molar-refractivity contribution in [2.45, 2.75) is 32.8 Å². The molecule has 0 saturated carbocycles. The van der Waals surface area contributed by atoms with Gasteiger partial charge < -0.3 is 10.1 Å². The van der Waals surface area contributed by atoms with Gasteiger partial charge in [-0.25, -0.2) is 9.37 Å². The Morgan fingerprint density at radius 2 is 2.25 bits per heavy atom. The first kappa shape index (κ1) is 12.9. The summed E-state index contributed by atoms with van der Waals surface area (Å²) in [6, 6.07) is 2.98. The van der Waals surface area contributed by atoms with Gasteiger partial charge in [-0.05, 0) is 38.8 Å². The highest BCUT2D eigenvalue weighted by molar-refractivity contribution is 5.35. The molecule has 1 heterocycles. The van der Waals surface area contributed by atoms with Crippen LogP contribution in [-0.4, -0.2) is 24.2 Å². The number of anilines is 1. The molecule has 0 amide bonds. The molecule has 1 N–H and O–H groups in total. The van der Waals surface area contributed by atoms with Crippen LogP contribution in [0.3, 0.4) is 0 Å². The van der Waals surface area contributed by atoms with Gasteiger partial charge in [0.1, 0.15) is 0 Å². The fourth-order valence-corrected chi connectivity index (χ4v) is 1.27. The SMILES string of the molecule is CC(C)OCCCCNc1ncccc1F. The number of pyridine rings is 1. The molecule has 0 bridgehead atoms. The van der Waals surface area contributed by atoms with Crippen LogP contribution in [0.5, 0.6) is 0 Å². The van der Waals surface area contributed by atoms with Gasteiger partial charge in [-0.3, -0.25) is 0 Å². The first-order valence-electron chi connectivity index (χ1n) is 5.66. The molecule has 1 aromatic heterocycles. The van der Waals surface area contributed by atoms with Crippen molar-refractivity contribution in [1.82, 2.24) is 4.98 Å². The average Bonchev–Trinajstić information content (AvgIpc) is 2.25. The Bertz CT molecular complexity index is 305. The number of aromatic nitrogens is 1. The Kier molecular flexibility index (Phi) is 5.78. The highest BCUT2D eigenvalue weighted by atomic mass is 19.1. The van der Waals surface area contributed by atoms with Crippen molar-refractivity contribution in [3.63, 3.8) is 0 Å². The van der Waals surface area contributed by atoms with Crippen LogP contribution in [0.25, 0.3) is 0 Å². The molecule has 0 unspecified atom stereocenters. The Hall–Kier alpha value is -1.16. The highest BCUT2D eigenvalue weighted by Crippen LogP contribution is 2.08. The lowest BCUT2D eigenvalue weighted by Gasteiger charge is -2.08. The van der Waals surface area contributed by atoms with E-state index in [4.69, 9.17) is 4.74 Å². The summed E-state index contributed by atoms with van der Waals surface area (Å²) in [5.74, 6) is 0.0215. The van der Waals surface area contributed by atoms with Crippen molar-refractivity contribution in [1.29, 1.82) is 0 Å². The molecule has 0 atom stereocenters. The molecular weight excluding hydrogens is 207 g/mol. The van der Waals surface area contributed by atoms with Crippen LogP contribution in [0.2, 0.25) is 0 Å². The summed E-state index contributed by atoms with van der Waals surface area (Å²) >= 11 is 0. The Balaban J connectivity index is 2.10. The van der Waals surface area contributed by atoms with Gasteiger partial charge in [-0.2, -0.15) is 0 Å². The van der Waals surface area contributed by atoms with Crippen molar-refractivity contribution in [2.24, 2.45) is 0 Å². The first-order chi connectivity index (χ1) is 7.70. The summed E-state index contributed by atoms with van der Waals surface area (Å²) in [6.45, 7) is 5.50. The number of halogens is 1. The van der Waals surface area contributed by atoms with E-state index < -0.39 is 0 Å². The smallest absolute Gasteiger partial charge is 0.165 e. The molecular formula is C12H19FN2O.